The Hall–Kier alpha value is -2.07. The molecule has 4 heteroatoms. The molecule has 2 N–H and O–H groups in total. The van der Waals surface area contributed by atoms with Gasteiger partial charge in [0, 0.05) is 26.1 Å². The van der Waals surface area contributed by atoms with E-state index in [0.29, 0.717) is 6.54 Å². The second-order valence-electron chi connectivity index (χ2n) is 5.13. The van der Waals surface area contributed by atoms with Gasteiger partial charge in [0.15, 0.2) is 0 Å². The monoisotopic (exact) mass is 286 g/mol. The van der Waals surface area contributed by atoms with Gasteiger partial charge in [-0.05, 0) is 41.5 Å². The van der Waals surface area contributed by atoms with Crippen molar-refractivity contribution in [1.29, 1.82) is 0 Å². The zero-order valence-corrected chi connectivity index (χ0v) is 12.8. The van der Waals surface area contributed by atoms with Crippen LogP contribution in [0.15, 0.2) is 36.4 Å². The molecule has 0 heterocycles. The maximum absolute atomic E-state index is 10.8. The number of hydrogen-bond acceptors (Lipinski definition) is 3. The number of rotatable bonds is 6. The SMILES string of the molecule is COc1ccc2cc(C(C)NCCNC(C)=O)ccc2c1. The number of ether oxygens (including phenoxy) is 1. The van der Waals surface area contributed by atoms with Crippen LogP contribution in [-0.4, -0.2) is 26.1 Å². The molecular weight excluding hydrogens is 264 g/mol. The van der Waals surface area contributed by atoms with E-state index >= 15 is 0 Å². The summed E-state index contributed by atoms with van der Waals surface area (Å²) in [6.45, 7) is 5.05. The van der Waals surface area contributed by atoms with Crippen molar-refractivity contribution in [3.8, 4) is 5.75 Å². The molecular formula is C17H22N2O2. The standard InChI is InChI=1S/C17H22N2O2/c1-12(18-8-9-19-13(2)20)14-4-5-16-11-17(21-3)7-6-15(16)10-14/h4-7,10-12,18H,8-9H2,1-3H3,(H,19,20). The third-order valence-electron chi connectivity index (χ3n) is 3.52. The molecule has 0 aliphatic rings. The molecule has 0 radical (unpaired) electrons. The van der Waals surface area contributed by atoms with Gasteiger partial charge in [-0.1, -0.05) is 18.2 Å². The molecule has 0 aliphatic heterocycles. The van der Waals surface area contributed by atoms with E-state index in [1.165, 1.54) is 23.3 Å². The summed E-state index contributed by atoms with van der Waals surface area (Å²) < 4.78 is 5.24. The minimum atomic E-state index is 0.00380. The first-order valence-corrected chi connectivity index (χ1v) is 7.15. The normalized spacial score (nSPS) is 12.1. The molecule has 0 saturated heterocycles. The first-order valence-electron chi connectivity index (χ1n) is 7.15. The van der Waals surface area contributed by atoms with Crippen molar-refractivity contribution >= 4 is 16.7 Å². The number of hydrogen-bond donors (Lipinski definition) is 2. The second-order valence-corrected chi connectivity index (χ2v) is 5.13. The largest absolute Gasteiger partial charge is 0.497 e. The third-order valence-corrected chi connectivity index (χ3v) is 3.52. The highest BCUT2D eigenvalue weighted by atomic mass is 16.5. The molecule has 1 amide bonds. The molecule has 0 spiro atoms. The minimum Gasteiger partial charge on any atom is -0.497 e. The molecule has 0 saturated carbocycles. The van der Waals surface area contributed by atoms with E-state index in [-0.39, 0.29) is 11.9 Å². The van der Waals surface area contributed by atoms with Gasteiger partial charge in [0.05, 0.1) is 7.11 Å². The Labute approximate surface area is 125 Å². The topological polar surface area (TPSA) is 50.4 Å². The highest BCUT2D eigenvalue weighted by Crippen LogP contribution is 2.24. The Bertz CT molecular complexity index is 625. The number of carbonyl (C=O) groups excluding carboxylic acids is 1. The van der Waals surface area contributed by atoms with Gasteiger partial charge in [-0.25, -0.2) is 0 Å². The number of methoxy groups -OCH3 is 1. The number of fused-ring (bicyclic) bond motifs is 1. The van der Waals surface area contributed by atoms with Crippen LogP contribution in [0.2, 0.25) is 0 Å². The van der Waals surface area contributed by atoms with Crippen molar-refractivity contribution in [2.75, 3.05) is 20.2 Å². The molecule has 0 fully saturated rings. The lowest BCUT2D eigenvalue weighted by Gasteiger charge is -2.15. The Kier molecular flexibility index (Phi) is 5.17. The van der Waals surface area contributed by atoms with Gasteiger partial charge in [-0.3, -0.25) is 4.79 Å². The molecule has 0 bridgehead atoms. The maximum atomic E-state index is 10.8. The van der Waals surface area contributed by atoms with Crippen molar-refractivity contribution in [3.05, 3.63) is 42.0 Å². The highest BCUT2D eigenvalue weighted by Gasteiger charge is 2.06. The summed E-state index contributed by atoms with van der Waals surface area (Å²) in [5, 5.41) is 8.55. The summed E-state index contributed by atoms with van der Waals surface area (Å²) >= 11 is 0. The lowest BCUT2D eigenvalue weighted by Crippen LogP contribution is -2.31. The van der Waals surface area contributed by atoms with Crippen LogP contribution >= 0.6 is 0 Å². The molecule has 1 unspecified atom stereocenters. The van der Waals surface area contributed by atoms with Gasteiger partial charge >= 0.3 is 0 Å². The van der Waals surface area contributed by atoms with E-state index in [1.807, 2.05) is 12.1 Å². The fraction of sp³-hybridized carbons (Fsp3) is 0.353. The van der Waals surface area contributed by atoms with Crippen LogP contribution in [0.25, 0.3) is 10.8 Å². The molecule has 2 rings (SSSR count). The van der Waals surface area contributed by atoms with E-state index in [1.54, 1.807) is 7.11 Å². The van der Waals surface area contributed by atoms with E-state index in [9.17, 15) is 4.79 Å². The Morgan fingerprint density at radius 2 is 1.86 bits per heavy atom. The molecule has 0 aromatic heterocycles. The van der Waals surface area contributed by atoms with Gasteiger partial charge in [-0.2, -0.15) is 0 Å². The maximum Gasteiger partial charge on any atom is 0.216 e. The van der Waals surface area contributed by atoms with E-state index in [2.05, 4.69) is 41.8 Å². The number of amides is 1. The van der Waals surface area contributed by atoms with Crippen molar-refractivity contribution < 1.29 is 9.53 Å². The number of benzene rings is 2. The number of nitrogens with one attached hydrogen (secondary N) is 2. The fourth-order valence-corrected chi connectivity index (χ4v) is 2.28. The van der Waals surface area contributed by atoms with Crippen LogP contribution in [0.5, 0.6) is 5.75 Å². The highest BCUT2D eigenvalue weighted by molar-refractivity contribution is 5.84. The predicted octanol–water partition coefficient (Wildman–Crippen LogP) is 2.64. The molecule has 2 aromatic rings. The van der Waals surface area contributed by atoms with Gasteiger partial charge in [0.1, 0.15) is 5.75 Å². The summed E-state index contributed by atoms with van der Waals surface area (Å²) in [6, 6.07) is 12.7. The van der Waals surface area contributed by atoms with Crippen LogP contribution in [0, 0.1) is 0 Å². The summed E-state index contributed by atoms with van der Waals surface area (Å²) in [7, 11) is 1.68. The fourth-order valence-electron chi connectivity index (χ4n) is 2.28. The average Bonchev–Trinajstić information content (AvgIpc) is 2.50. The zero-order chi connectivity index (χ0) is 15.2. The number of carbonyl (C=O) groups is 1. The van der Waals surface area contributed by atoms with Crippen molar-refractivity contribution in [2.45, 2.75) is 19.9 Å². The van der Waals surface area contributed by atoms with Crippen LogP contribution in [0.4, 0.5) is 0 Å². The molecule has 112 valence electrons. The zero-order valence-electron chi connectivity index (χ0n) is 12.8. The van der Waals surface area contributed by atoms with Crippen LogP contribution in [0.3, 0.4) is 0 Å². The van der Waals surface area contributed by atoms with Crippen LogP contribution < -0.4 is 15.4 Å². The Morgan fingerprint density at radius 3 is 2.57 bits per heavy atom. The van der Waals surface area contributed by atoms with Gasteiger partial charge in [0.2, 0.25) is 5.91 Å². The summed E-state index contributed by atoms with van der Waals surface area (Å²) in [5.41, 5.74) is 1.23. The first kappa shape index (κ1) is 15.3. The Balaban J connectivity index is 2.02. The van der Waals surface area contributed by atoms with E-state index in [4.69, 9.17) is 4.74 Å². The van der Waals surface area contributed by atoms with E-state index < -0.39 is 0 Å². The quantitative estimate of drug-likeness (QED) is 0.803. The van der Waals surface area contributed by atoms with Crippen molar-refractivity contribution in [1.82, 2.24) is 10.6 Å². The molecule has 2 aromatic carbocycles. The molecule has 21 heavy (non-hydrogen) atoms. The van der Waals surface area contributed by atoms with Gasteiger partial charge in [0.25, 0.3) is 0 Å². The smallest absolute Gasteiger partial charge is 0.216 e. The third kappa shape index (κ3) is 4.20. The van der Waals surface area contributed by atoms with Crippen LogP contribution in [-0.2, 0) is 4.79 Å². The molecule has 1 atom stereocenters. The predicted molar refractivity (Wildman–Crippen MR) is 85.6 cm³/mol. The lowest BCUT2D eigenvalue weighted by molar-refractivity contribution is -0.118. The summed E-state index contributed by atoms with van der Waals surface area (Å²) in [5.74, 6) is 0.876. The first-order chi connectivity index (χ1) is 10.1. The van der Waals surface area contributed by atoms with Crippen molar-refractivity contribution in [3.63, 3.8) is 0 Å². The average molecular weight is 286 g/mol. The van der Waals surface area contributed by atoms with Gasteiger partial charge < -0.3 is 15.4 Å². The molecule has 4 nitrogen and oxygen atoms in total. The summed E-state index contributed by atoms with van der Waals surface area (Å²) in [6.07, 6.45) is 0. The van der Waals surface area contributed by atoms with Crippen LogP contribution in [0.1, 0.15) is 25.5 Å². The van der Waals surface area contributed by atoms with E-state index in [0.717, 1.165) is 12.3 Å². The lowest BCUT2D eigenvalue weighted by atomic mass is 10.0. The Morgan fingerprint density at radius 1 is 1.14 bits per heavy atom. The second kappa shape index (κ2) is 7.09. The van der Waals surface area contributed by atoms with Gasteiger partial charge in [-0.15, -0.1) is 0 Å². The van der Waals surface area contributed by atoms with Crippen molar-refractivity contribution in [2.24, 2.45) is 0 Å². The summed E-state index contributed by atoms with van der Waals surface area (Å²) in [4.78, 5) is 10.8. The minimum absolute atomic E-state index is 0.00380. The molecule has 0 aliphatic carbocycles.